The summed E-state index contributed by atoms with van der Waals surface area (Å²) in [6.45, 7) is 2.67. The lowest BCUT2D eigenvalue weighted by Crippen LogP contribution is -2.27. The Morgan fingerprint density at radius 3 is 2.59 bits per heavy atom. The Morgan fingerprint density at radius 1 is 1.29 bits per heavy atom. The summed E-state index contributed by atoms with van der Waals surface area (Å²) in [4.78, 5) is 0.339. The van der Waals surface area contributed by atoms with Gasteiger partial charge >= 0.3 is 0 Å². The van der Waals surface area contributed by atoms with Gasteiger partial charge in [0.15, 0.2) is 0 Å². The third-order valence-electron chi connectivity index (χ3n) is 2.58. The van der Waals surface area contributed by atoms with Gasteiger partial charge < -0.3 is 0 Å². The normalized spacial score (nSPS) is 12.0. The predicted molar refractivity (Wildman–Crippen MR) is 73.5 cm³/mol. The minimum atomic E-state index is -3.34. The summed E-state index contributed by atoms with van der Waals surface area (Å²) in [5.41, 5.74) is 0. The molecule has 0 aliphatic rings. The highest BCUT2D eigenvalue weighted by atomic mass is 79.9. The Bertz CT molecular complexity index is 459. The van der Waals surface area contributed by atoms with E-state index in [9.17, 15) is 8.42 Å². The van der Waals surface area contributed by atoms with Crippen LogP contribution in [-0.4, -0.2) is 26.3 Å². The molecule has 1 rings (SSSR count). The van der Waals surface area contributed by atoms with Crippen molar-refractivity contribution in [1.82, 2.24) is 4.31 Å². The Balaban J connectivity index is 2.80. The second-order valence-corrected chi connectivity index (χ2v) is 6.95. The van der Waals surface area contributed by atoms with Crippen molar-refractivity contribution in [1.29, 1.82) is 0 Å². The van der Waals surface area contributed by atoms with Crippen LogP contribution in [0.3, 0.4) is 0 Å². The molecule has 17 heavy (non-hydrogen) atoms. The van der Waals surface area contributed by atoms with Gasteiger partial charge in [0.2, 0.25) is 10.0 Å². The molecule has 0 unspecified atom stereocenters. The number of unbranched alkanes of at least 4 members (excludes halogenated alkanes) is 2. The highest BCUT2D eigenvalue weighted by Crippen LogP contribution is 2.19. The van der Waals surface area contributed by atoms with Gasteiger partial charge in [0.1, 0.15) is 0 Å². The van der Waals surface area contributed by atoms with Gasteiger partial charge in [0, 0.05) is 18.1 Å². The lowest BCUT2D eigenvalue weighted by Gasteiger charge is -2.17. The number of sulfonamides is 1. The molecule has 0 aliphatic heterocycles. The molecule has 0 N–H and O–H groups in total. The van der Waals surface area contributed by atoms with Gasteiger partial charge in [0.05, 0.1) is 4.90 Å². The van der Waals surface area contributed by atoms with Gasteiger partial charge in [-0.05, 0) is 24.6 Å². The van der Waals surface area contributed by atoms with Gasteiger partial charge in [-0.1, -0.05) is 41.8 Å². The zero-order chi connectivity index (χ0) is 12.9. The van der Waals surface area contributed by atoms with Crippen LogP contribution in [0.5, 0.6) is 0 Å². The molecule has 0 spiro atoms. The van der Waals surface area contributed by atoms with Crippen molar-refractivity contribution < 1.29 is 8.42 Å². The topological polar surface area (TPSA) is 37.4 Å². The van der Waals surface area contributed by atoms with E-state index in [2.05, 4.69) is 22.9 Å². The summed E-state index contributed by atoms with van der Waals surface area (Å²) in [5.74, 6) is 0. The van der Waals surface area contributed by atoms with E-state index in [4.69, 9.17) is 0 Å². The summed E-state index contributed by atoms with van der Waals surface area (Å²) in [6, 6.07) is 6.80. The molecule has 0 heterocycles. The summed E-state index contributed by atoms with van der Waals surface area (Å²) in [5, 5.41) is 0. The summed E-state index contributed by atoms with van der Waals surface area (Å²) >= 11 is 3.28. The highest BCUT2D eigenvalue weighted by Gasteiger charge is 2.19. The third kappa shape index (κ3) is 4.08. The summed E-state index contributed by atoms with van der Waals surface area (Å²) in [7, 11) is -1.71. The fourth-order valence-corrected chi connectivity index (χ4v) is 3.32. The fraction of sp³-hybridized carbons (Fsp3) is 0.500. The van der Waals surface area contributed by atoms with E-state index in [1.165, 1.54) is 4.31 Å². The first-order chi connectivity index (χ1) is 7.98. The number of benzene rings is 1. The Morgan fingerprint density at radius 2 is 2.00 bits per heavy atom. The predicted octanol–water partition coefficient (Wildman–Crippen LogP) is 3.26. The first-order valence-electron chi connectivity index (χ1n) is 5.70. The van der Waals surface area contributed by atoms with Crippen molar-refractivity contribution >= 4 is 26.0 Å². The van der Waals surface area contributed by atoms with Crippen LogP contribution >= 0.6 is 15.9 Å². The molecule has 0 amide bonds. The number of rotatable bonds is 6. The second-order valence-electron chi connectivity index (χ2n) is 3.99. The minimum absolute atomic E-state index is 0.339. The lowest BCUT2D eigenvalue weighted by molar-refractivity contribution is 0.454. The van der Waals surface area contributed by atoms with E-state index in [0.29, 0.717) is 11.4 Å². The molecule has 1 aromatic rings. The molecular formula is C12H18BrNO2S. The Hall–Kier alpha value is -0.390. The van der Waals surface area contributed by atoms with Crippen molar-refractivity contribution in [3.8, 4) is 0 Å². The number of nitrogens with zero attached hydrogens (tertiary/aromatic N) is 1. The van der Waals surface area contributed by atoms with Crippen LogP contribution in [-0.2, 0) is 10.0 Å². The SMILES string of the molecule is CCCCCN(C)S(=O)(=O)c1cccc(Br)c1. The lowest BCUT2D eigenvalue weighted by atomic mass is 10.2. The van der Waals surface area contributed by atoms with E-state index in [-0.39, 0.29) is 0 Å². The molecule has 0 aliphatic carbocycles. The Kier molecular flexibility index (Phi) is 5.62. The zero-order valence-corrected chi connectivity index (χ0v) is 12.6. The van der Waals surface area contributed by atoms with Crippen LogP contribution in [0.4, 0.5) is 0 Å². The van der Waals surface area contributed by atoms with E-state index in [0.717, 1.165) is 23.7 Å². The minimum Gasteiger partial charge on any atom is -0.207 e. The van der Waals surface area contributed by atoms with Crippen molar-refractivity contribution in [2.24, 2.45) is 0 Å². The molecule has 96 valence electrons. The van der Waals surface area contributed by atoms with Crippen LogP contribution in [0.1, 0.15) is 26.2 Å². The first-order valence-corrected chi connectivity index (χ1v) is 7.93. The number of halogens is 1. The highest BCUT2D eigenvalue weighted by molar-refractivity contribution is 9.10. The van der Waals surface area contributed by atoms with Crippen molar-refractivity contribution in [3.63, 3.8) is 0 Å². The second kappa shape index (κ2) is 6.52. The molecule has 0 aromatic heterocycles. The molecule has 0 bridgehead atoms. The molecule has 0 saturated heterocycles. The van der Waals surface area contributed by atoms with E-state index < -0.39 is 10.0 Å². The first kappa shape index (κ1) is 14.7. The molecule has 0 fully saturated rings. The quantitative estimate of drug-likeness (QED) is 0.755. The summed E-state index contributed by atoms with van der Waals surface area (Å²) < 4.78 is 26.6. The van der Waals surface area contributed by atoms with Gasteiger partial charge in [-0.2, -0.15) is 0 Å². The molecule has 0 saturated carbocycles. The maximum Gasteiger partial charge on any atom is 0.242 e. The molecule has 0 radical (unpaired) electrons. The van der Waals surface area contributed by atoms with Gasteiger partial charge in [-0.15, -0.1) is 0 Å². The fourth-order valence-electron chi connectivity index (χ4n) is 1.51. The van der Waals surface area contributed by atoms with E-state index in [1.54, 1.807) is 25.2 Å². The van der Waals surface area contributed by atoms with Crippen LogP contribution < -0.4 is 0 Å². The number of hydrogen-bond acceptors (Lipinski definition) is 2. The van der Waals surface area contributed by atoms with Crippen molar-refractivity contribution in [2.75, 3.05) is 13.6 Å². The van der Waals surface area contributed by atoms with E-state index in [1.807, 2.05) is 6.07 Å². The smallest absolute Gasteiger partial charge is 0.207 e. The van der Waals surface area contributed by atoms with Crippen LogP contribution in [0.15, 0.2) is 33.6 Å². The summed E-state index contributed by atoms with van der Waals surface area (Å²) in [6.07, 6.45) is 3.04. The number of hydrogen-bond donors (Lipinski definition) is 0. The molecule has 1 aromatic carbocycles. The Labute approximate surface area is 112 Å². The van der Waals surface area contributed by atoms with Gasteiger partial charge in [-0.25, -0.2) is 12.7 Å². The van der Waals surface area contributed by atoms with Crippen LogP contribution in [0.2, 0.25) is 0 Å². The van der Waals surface area contributed by atoms with E-state index >= 15 is 0 Å². The molecular weight excluding hydrogens is 302 g/mol. The third-order valence-corrected chi connectivity index (χ3v) is 4.93. The molecule has 3 nitrogen and oxygen atoms in total. The average molecular weight is 320 g/mol. The van der Waals surface area contributed by atoms with Crippen LogP contribution in [0.25, 0.3) is 0 Å². The maximum absolute atomic E-state index is 12.2. The maximum atomic E-state index is 12.2. The van der Waals surface area contributed by atoms with Gasteiger partial charge in [0.25, 0.3) is 0 Å². The van der Waals surface area contributed by atoms with Crippen molar-refractivity contribution in [3.05, 3.63) is 28.7 Å². The molecule has 0 atom stereocenters. The zero-order valence-electron chi connectivity index (χ0n) is 10.2. The van der Waals surface area contributed by atoms with Crippen molar-refractivity contribution in [2.45, 2.75) is 31.1 Å². The monoisotopic (exact) mass is 319 g/mol. The largest absolute Gasteiger partial charge is 0.242 e. The standard InChI is InChI=1S/C12H18BrNO2S/c1-3-4-5-9-14(2)17(15,16)12-8-6-7-11(13)10-12/h6-8,10H,3-5,9H2,1-2H3. The van der Waals surface area contributed by atoms with Gasteiger partial charge in [-0.3, -0.25) is 0 Å². The molecule has 5 heteroatoms. The average Bonchev–Trinajstić information content (AvgIpc) is 2.29. The van der Waals surface area contributed by atoms with Crippen LogP contribution in [0, 0.1) is 0 Å².